The molecule has 0 radical (unpaired) electrons. The molecule has 0 spiro atoms. The van der Waals surface area contributed by atoms with Crippen molar-refractivity contribution in [2.24, 2.45) is 0 Å². The van der Waals surface area contributed by atoms with E-state index in [4.69, 9.17) is 0 Å². The van der Waals surface area contributed by atoms with Gasteiger partial charge in [0.1, 0.15) is 6.61 Å². The Morgan fingerprint density at radius 2 is 1.68 bits per heavy atom. The Bertz CT molecular complexity index is 447. The van der Waals surface area contributed by atoms with Gasteiger partial charge in [0.05, 0.1) is 0 Å². The Labute approximate surface area is 149 Å². The van der Waals surface area contributed by atoms with Gasteiger partial charge < -0.3 is 14.9 Å². The fourth-order valence-electron chi connectivity index (χ4n) is 5.15. The number of aliphatic hydroxyl groups excluding tert-OH is 1. The summed E-state index contributed by atoms with van der Waals surface area (Å²) in [4.78, 5) is 16.5. The second-order valence-electron chi connectivity index (χ2n) is 8.12. The van der Waals surface area contributed by atoms with Crippen molar-refractivity contribution in [3.63, 3.8) is 0 Å². The summed E-state index contributed by atoms with van der Waals surface area (Å²) in [6.07, 6.45) is 8.89. The Hall–Kier alpha value is -0.750. The highest BCUT2D eigenvalue weighted by Gasteiger charge is 2.42. The maximum Gasteiger partial charge on any atom is 0.250 e. The third-order valence-corrected chi connectivity index (χ3v) is 6.41. The number of hydrogen-bond donors (Lipinski definition) is 1. The Balaban J connectivity index is 1.61. The average molecular weight is 358 g/mol. The molecule has 25 heavy (non-hydrogen) atoms. The minimum Gasteiger partial charge on any atom is -0.387 e. The fourth-order valence-corrected chi connectivity index (χ4v) is 5.15. The van der Waals surface area contributed by atoms with Gasteiger partial charge >= 0.3 is 0 Å². The van der Waals surface area contributed by atoms with Gasteiger partial charge in [0.2, 0.25) is 11.8 Å². The first-order valence-electron chi connectivity index (χ1n) is 10.0. The number of aliphatic hydroxyl groups is 1. The molecule has 0 aromatic carbocycles. The molecule has 6 heteroatoms. The van der Waals surface area contributed by atoms with Gasteiger partial charge in [-0.25, -0.2) is 8.78 Å². The van der Waals surface area contributed by atoms with Crippen molar-refractivity contribution in [1.29, 1.82) is 0 Å². The van der Waals surface area contributed by atoms with Gasteiger partial charge in [0.15, 0.2) is 0 Å². The lowest BCUT2D eigenvalue weighted by Crippen LogP contribution is -2.55. The van der Waals surface area contributed by atoms with E-state index < -0.39 is 18.6 Å². The van der Waals surface area contributed by atoms with E-state index >= 15 is 0 Å². The first-order chi connectivity index (χ1) is 12.0. The van der Waals surface area contributed by atoms with Crippen molar-refractivity contribution >= 4 is 5.91 Å². The highest BCUT2D eigenvalue weighted by molar-refractivity contribution is 5.78. The van der Waals surface area contributed by atoms with E-state index in [0.29, 0.717) is 18.9 Å². The van der Waals surface area contributed by atoms with Crippen LogP contribution in [0.15, 0.2) is 0 Å². The summed E-state index contributed by atoms with van der Waals surface area (Å²) in [5, 5.41) is 9.36. The number of hydrogen-bond acceptors (Lipinski definition) is 3. The number of likely N-dealkylation sites (tertiary alicyclic amines) is 1. The molecule has 1 atom stereocenters. The van der Waals surface area contributed by atoms with E-state index in [9.17, 15) is 18.7 Å². The first-order valence-corrected chi connectivity index (χ1v) is 10.0. The first kappa shape index (κ1) is 19.0. The number of amides is 1. The molecule has 1 amide bonds. The largest absolute Gasteiger partial charge is 0.387 e. The standard InChI is InChI=1S/C19H32F2N2O2/c20-19(21)10-4-7-17(13-19)23(18(25)14-24)16-8-11-22(12-9-16)15-5-2-1-3-6-15/h15-17,24H,1-14H2/t17-/m1/s1. The van der Waals surface area contributed by atoms with Crippen LogP contribution in [0.4, 0.5) is 8.78 Å². The van der Waals surface area contributed by atoms with Gasteiger partial charge in [-0.15, -0.1) is 0 Å². The summed E-state index contributed by atoms with van der Waals surface area (Å²) in [6.45, 7) is 1.30. The van der Waals surface area contributed by atoms with Crippen LogP contribution in [0.5, 0.6) is 0 Å². The molecule has 1 N–H and O–H groups in total. The monoisotopic (exact) mass is 358 g/mol. The van der Waals surface area contributed by atoms with Gasteiger partial charge in [-0.1, -0.05) is 19.3 Å². The molecule has 1 heterocycles. The van der Waals surface area contributed by atoms with Gasteiger partial charge in [-0.2, -0.15) is 0 Å². The lowest BCUT2D eigenvalue weighted by atomic mass is 9.88. The molecule has 144 valence electrons. The molecule has 0 bridgehead atoms. The highest BCUT2D eigenvalue weighted by Crippen LogP contribution is 2.37. The number of piperidine rings is 1. The lowest BCUT2D eigenvalue weighted by molar-refractivity contribution is -0.146. The summed E-state index contributed by atoms with van der Waals surface area (Å²) in [6, 6.07) is 0.240. The van der Waals surface area contributed by atoms with E-state index in [1.807, 2.05) is 0 Å². The molecule has 0 aromatic rings. The quantitative estimate of drug-likeness (QED) is 0.839. The van der Waals surface area contributed by atoms with Crippen molar-refractivity contribution in [1.82, 2.24) is 9.80 Å². The summed E-state index contributed by atoms with van der Waals surface area (Å²) < 4.78 is 27.7. The minimum absolute atomic E-state index is 0.00149. The van der Waals surface area contributed by atoms with Crippen LogP contribution in [0, 0.1) is 0 Å². The number of alkyl halides is 2. The van der Waals surface area contributed by atoms with Crippen LogP contribution in [0.2, 0.25) is 0 Å². The molecule has 0 aromatic heterocycles. The molecule has 0 unspecified atom stereocenters. The maximum atomic E-state index is 13.8. The third-order valence-electron chi connectivity index (χ3n) is 6.41. The van der Waals surface area contributed by atoms with Crippen molar-refractivity contribution in [3.05, 3.63) is 0 Å². The second kappa shape index (κ2) is 8.30. The van der Waals surface area contributed by atoms with Gasteiger partial charge in [0, 0.05) is 44.1 Å². The summed E-state index contributed by atoms with van der Waals surface area (Å²) in [5.41, 5.74) is 0. The van der Waals surface area contributed by atoms with Crippen LogP contribution in [-0.2, 0) is 4.79 Å². The van der Waals surface area contributed by atoms with Gasteiger partial charge in [-0.05, 0) is 38.5 Å². The molecule has 2 saturated carbocycles. The summed E-state index contributed by atoms with van der Waals surface area (Å²) in [5.74, 6) is -3.06. The Kier molecular flexibility index (Phi) is 6.31. The van der Waals surface area contributed by atoms with Gasteiger partial charge in [0.25, 0.3) is 0 Å². The average Bonchev–Trinajstić information content (AvgIpc) is 2.62. The van der Waals surface area contributed by atoms with Crippen LogP contribution >= 0.6 is 0 Å². The Morgan fingerprint density at radius 3 is 2.28 bits per heavy atom. The minimum atomic E-state index is -2.68. The topological polar surface area (TPSA) is 43.8 Å². The second-order valence-corrected chi connectivity index (χ2v) is 8.12. The van der Waals surface area contributed by atoms with Crippen molar-refractivity contribution < 1.29 is 18.7 Å². The number of rotatable bonds is 4. The van der Waals surface area contributed by atoms with E-state index in [0.717, 1.165) is 25.9 Å². The van der Waals surface area contributed by atoms with Crippen LogP contribution in [0.3, 0.4) is 0 Å². The molecule has 3 aliphatic rings. The zero-order chi connectivity index (χ0) is 17.9. The molecule has 3 rings (SSSR count). The van der Waals surface area contributed by atoms with Crippen LogP contribution < -0.4 is 0 Å². The number of carbonyl (C=O) groups is 1. The molecule has 1 aliphatic heterocycles. The molecule has 3 fully saturated rings. The predicted molar refractivity (Wildman–Crippen MR) is 92.6 cm³/mol. The maximum absolute atomic E-state index is 13.8. The normalized spacial score (nSPS) is 29.5. The van der Waals surface area contributed by atoms with E-state index in [-0.39, 0.29) is 24.8 Å². The van der Waals surface area contributed by atoms with Crippen LogP contribution in [0.1, 0.15) is 70.6 Å². The van der Waals surface area contributed by atoms with Gasteiger partial charge in [-0.3, -0.25) is 4.79 Å². The van der Waals surface area contributed by atoms with Crippen molar-refractivity contribution in [2.75, 3.05) is 19.7 Å². The summed E-state index contributed by atoms with van der Waals surface area (Å²) >= 11 is 0. The number of carbonyl (C=O) groups excluding carboxylic acids is 1. The highest BCUT2D eigenvalue weighted by atomic mass is 19.3. The van der Waals surface area contributed by atoms with Crippen molar-refractivity contribution in [3.8, 4) is 0 Å². The molecular weight excluding hydrogens is 326 g/mol. The molecule has 2 aliphatic carbocycles. The molecular formula is C19H32F2N2O2. The summed E-state index contributed by atoms with van der Waals surface area (Å²) in [7, 11) is 0. The smallest absolute Gasteiger partial charge is 0.250 e. The Morgan fingerprint density at radius 1 is 1.00 bits per heavy atom. The van der Waals surface area contributed by atoms with Crippen molar-refractivity contribution in [2.45, 2.75) is 94.7 Å². The van der Waals surface area contributed by atoms with Crippen LogP contribution in [-0.4, -0.2) is 64.6 Å². The number of nitrogens with zero attached hydrogens (tertiary/aromatic N) is 2. The van der Waals surface area contributed by atoms with E-state index in [1.165, 1.54) is 32.1 Å². The number of halogens is 2. The van der Waals surface area contributed by atoms with E-state index in [2.05, 4.69) is 4.90 Å². The predicted octanol–water partition coefficient (Wildman–Crippen LogP) is 3.18. The molecule has 1 saturated heterocycles. The molecule has 4 nitrogen and oxygen atoms in total. The van der Waals surface area contributed by atoms with E-state index in [1.54, 1.807) is 4.90 Å². The zero-order valence-corrected chi connectivity index (χ0v) is 15.1. The third kappa shape index (κ3) is 4.70. The SMILES string of the molecule is O=C(CO)N(C1CCN(C2CCCCC2)CC1)[C@@H]1CCCC(F)(F)C1. The fraction of sp³-hybridized carbons (Fsp3) is 0.947. The van der Waals surface area contributed by atoms with Crippen LogP contribution in [0.25, 0.3) is 0 Å². The lowest BCUT2D eigenvalue weighted by Gasteiger charge is -2.46. The zero-order valence-electron chi connectivity index (χ0n) is 15.1.